The van der Waals surface area contributed by atoms with Gasteiger partial charge in [0.05, 0.1) is 58.7 Å². The number of hydrazine groups is 2. The molecule has 6 rings (SSSR count). The van der Waals surface area contributed by atoms with Crippen molar-refractivity contribution in [1.82, 2.24) is 31.1 Å². The van der Waals surface area contributed by atoms with Gasteiger partial charge in [-0.15, -0.1) is 11.3 Å². The molecule has 1 aromatic carbocycles. The van der Waals surface area contributed by atoms with Gasteiger partial charge in [0, 0.05) is 31.7 Å². The number of aromatic nitrogens is 2. The number of nitrogens with one attached hydrogen (secondary N) is 4. The number of ketones is 1. The number of hydrogen-bond donors (Lipinski definition) is 4. The number of benzene rings is 1. The Balaban J connectivity index is 1.21. The molecule has 37 heavy (non-hydrogen) atoms. The third-order valence-electron chi connectivity index (χ3n) is 6.41. The van der Waals surface area contributed by atoms with Gasteiger partial charge in [-0.3, -0.25) is 25.5 Å². The van der Waals surface area contributed by atoms with Crippen LogP contribution in [0.4, 0.5) is 10.5 Å². The molecule has 0 unspecified atom stereocenters. The molecule has 0 atom stereocenters. The first kappa shape index (κ1) is 23.8. The minimum absolute atomic E-state index is 0.207. The number of fused-ring (bicyclic) bond motifs is 3. The predicted octanol–water partition coefficient (Wildman–Crippen LogP) is 1.70. The highest BCUT2D eigenvalue weighted by molar-refractivity contribution is 7.17. The first-order chi connectivity index (χ1) is 18.1. The maximum Gasteiger partial charge on any atom is 0.333 e. The van der Waals surface area contributed by atoms with Crippen LogP contribution in [0.15, 0.2) is 30.3 Å². The summed E-state index contributed by atoms with van der Waals surface area (Å²) in [6.45, 7) is 4.67. The second kappa shape index (κ2) is 10.0. The van der Waals surface area contributed by atoms with Crippen molar-refractivity contribution in [3.05, 3.63) is 46.3 Å². The molecule has 3 aliphatic rings. The Morgan fingerprint density at radius 1 is 0.919 bits per heavy atom. The van der Waals surface area contributed by atoms with E-state index >= 15 is 0 Å². The summed E-state index contributed by atoms with van der Waals surface area (Å²) < 4.78 is 10.6. The van der Waals surface area contributed by atoms with Gasteiger partial charge < -0.3 is 14.8 Å². The number of thiophene rings is 1. The zero-order chi connectivity index (χ0) is 25.4. The quantitative estimate of drug-likeness (QED) is 0.310. The fourth-order valence-corrected chi connectivity index (χ4v) is 5.49. The number of amides is 3. The van der Waals surface area contributed by atoms with E-state index in [-0.39, 0.29) is 11.7 Å². The third kappa shape index (κ3) is 4.63. The van der Waals surface area contributed by atoms with Gasteiger partial charge in [-0.05, 0) is 18.2 Å². The minimum Gasteiger partial charge on any atom is -0.379 e. The molecule has 2 fully saturated rings. The number of carbonyl (C=O) groups is 3. The highest BCUT2D eigenvalue weighted by atomic mass is 32.1. The summed E-state index contributed by atoms with van der Waals surface area (Å²) in [6, 6.07) is 8.40. The van der Waals surface area contributed by atoms with Crippen molar-refractivity contribution < 1.29 is 23.9 Å². The number of hydrogen-bond acceptors (Lipinski definition) is 9. The Kier molecular flexibility index (Phi) is 6.44. The Hall–Kier alpha value is -3.62. The second-order valence-corrected chi connectivity index (χ2v) is 9.83. The minimum atomic E-state index is -0.427. The Bertz CT molecular complexity index is 1360. The van der Waals surface area contributed by atoms with Crippen LogP contribution in [-0.2, 0) is 9.47 Å². The van der Waals surface area contributed by atoms with E-state index in [1.807, 2.05) is 11.1 Å². The number of H-pyrrole nitrogens is 1. The summed E-state index contributed by atoms with van der Waals surface area (Å²) in [4.78, 5) is 40.2. The first-order valence-electron chi connectivity index (χ1n) is 12.0. The summed E-state index contributed by atoms with van der Waals surface area (Å²) in [6.07, 6.45) is 0. The molecule has 3 amide bonds. The van der Waals surface area contributed by atoms with Gasteiger partial charge in [-0.1, -0.05) is 12.1 Å². The van der Waals surface area contributed by atoms with E-state index in [2.05, 4.69) is 26.4 Å². The average molecular weight is 524 g/mol. The van der Waals surface area contributed by atoms with Gasteiger partial charge in [-0.2, -0.15) is 5.10 Å². The number of urea groups is 1. The molecule has 4 heterocycles. The maximum absolute atomic E-state index is 13.6. The van der Waals surface area contributed by atoms with Crippen LogP contribution in [0.3, 0.4) is 0 Å². The predicted molar refractivity (Wildman–Crippen MR) is 135 cm³/mol. The van der Waals surface area contributed by atoms with Gasteiger partial charge in [0.25, 0.3) is 5.91 Å². The summed E-state index contributed by atoms with van der Waals surface area (Å²) >= 11 is 1.28. The van der Waals surface area contributed by atoms with E-state index in [1.54, 1.807) is 29.3 Å². The summed E-state index contributed by atoms with van der Waals surface area (Å²) in [5.41, 5.74) is 8.66. The van der Waals surface area contributed by atoms with Crippen molar-refractivity contribution in [2.45, 2.75) is 0 Å². The van der Waals surface area contributed by atoms with Gasteiger partial charge in [0.15, 0.2) is 5.78 Å². The normalized spacial score (nSPS) is 17.8. The molecule has 1 aliphatic carbocycles. The van der Waals surface area contributed by atoms with Crippen molar-refractivity contribution in [2.75, 3.05) is 57.9 Å². The van der Waals surface area contributed by atoms with E-state index in [1.165, 1.54) is 11.3 Å². The molecule has 12 nitrogen and oxygen atoms in total. The van der Waals surface area contributed by atoms with E-state index in [0.29, 0.717) is 91.2 Å². The molecule has 4 N–H and O–H groups in total. The van der Waals surface area contributed by atoms with Crippen LogP contribution < -0.4 is 16.2 Å². The van der Waals surface area contributed by atoms with Gasteiger partial charge in [0.1, 0.15) is 5.69 Å². The van der Waals surface area contributed by atoms with E-state index in [9.17, 15) is 14.4 Å². The topological polar surface area (TPSA) is 141 Å². The molecule has 0 saturated carbocycles. The SMILES string of the molecule is O=C(Nc1cccc2c1C(=O)c1c-2n[nH]c1-c1ccc(C(=O)NN2CCOCC2)s1)NN1CCOCC1. The van der Waals surface area contributed by atoms with Crippen molar-refractivity contribution >= 4 is 34.7 Å². The van der Waals surface area contributed by atoms with Gasteiger partial charge in [-0.25, -0.2) is 14.8 Å². The van der Waals surface area contributed by atoms with E-state index in [0.717, 1.165) is 4.88 Å². The van der Waals surface area contributed by atoms with Gasteiger partial charge in [0.2, 0.25) is 0 Å². The smallest absolute Gasteiger partial charge is 0.333 e. The highest BCUT2D eigenvalue weighted by Crippen LogP contribution is 2.44. The number of nitrogens with zero attached hydrogens (tertiary/aromatic N) is 3. The molecule has 2 aromatic heterocycles. The van der Waals surface area contributed by atoms with Crippen LogP contribution in [0.25, 0.3) is 21.8 Å². The van der Waals surface area contributed by atoms with Crippen LogP contribution in [0.5, 0.6) is 0 Å². The van der Waals surface area contributed by atoms with Crippen molar-refractivity contribution in [2.24, 2.45) is 0 Å². The fraction of sp³-hybridized carbons (Fsp3) is 0.333. The van der Waals surface area contributed by atoms with Crippen molar-refractivity contribution in [1.29, 1.82) is 0 Å². The lowest BCUT2D eigenvalue weighted by molar-refractivity contribution is 0.0127. The lowest BCUT2D eigenvalue weighted by atomic mass is 10.1. The molecule has 0 bridgehead atoms. The molecule has 3 aromatic rings. The number of anilines is 1. The molecule has 2 saturated heterocycles. The fourth-order valence-electron chi connectivity index (χ4n) is 4.60. The zero-order valence-electron chi connectivity index (χ0n) is 19.8. The maximum atomic E-state index is 13.6. The lowest BCUT2D eigenvalue weighted by Gasteiger charge is -2.27. The molecular formula is C24H25N7O5S. The Labute approximate surface area is 215 Å². The molecule has 2 aliphatic heterocycles. The van der Waals surface area contributed by atoms with Crippen LogP contribution >= 0.6 is 11.3 Å². The highest BCUT2D eigenvalue weighted by Gasteiger charge is 2.35. The molecule has 192 valence electrons. The molecular weight excluding hydrogens is 498 g/mol. The van der Waals surface area contributed by atoms with E-state index in [4.69, 9.17) is 9.47 Å². The first-order valence-corrected chi connectivity index (χ1v) is 12.8. The molecule has 13 heteroatoms. The lowest BCUT2D eigenvalue weighted by Crippen LogP contribution is -2.49. The summed E-state index contributed by atoms with van der Waals surface area (Å²) in [5.74, 6) is -0.439. The van der Waals surface area contributed by atoms with Crippen LogP contribution in [0.2, 0.25) is 0 Å². The second-order valence-electron chi connectivity index (χ2n) is 8.75. The molecule has 0 radical (unpaired) electrons. The standard InChI is InChI=1S/C24H25N7O5S/c32-22-18-14(2-1-3-15(18)25-24(34)29-31-8-12-36-13-9-31)20-19(22)21(27-26-20)16-4-5-17(37-16)23(33)28-30-6-10-35-11-7-30/h1-5H,6-13H2,(H,26,27)(H,28,33)(H2,25,29,34). The third-order valence-corrected chi connectivity index (χ3v) is 7.51. The van der Waals surface area contributed by atoms with Gasteiger partial charge >= 0.3 is 6.03 Å². The summed E-state index contributed by atoms with van der Waals surface area (Å²) in [7, 11) is 0. The number of aromatic amines is 1. The molecule has 0 spiro atoms. The Morgan fingerprint density at radius 3 is 2.35 bits per heavy atom. The van der Waals surface area contributed by atoms with Crippen molar-refractivity contribution in [3.63, 3.8) is 0 Å². The average Bonchev–Trinajstić information content (AvgIpc) is 3.62. The number of morpholine rings is 2. The number of carbonyl (C=O) groups excluding carboxylic acids is 3. The van der Waals surface area contributed by atoms with E-state index < -0.39 is 6.03 Å². The number of rotatable bonds is 5. The van der Waals surface area contributed by atoms with Crippen LogP contribution in [0, 0.1) is 0 Å². The summed E-state index contributed by atoms with van der Waals surface area (Å²) in [5, 5.41) is 13.8. The monoisotopic (exact) mass is 523 g/mol. The largest absolute Gasteiger partial charge is 0.379 e. The van der Waals surface area contributed by atoms with Crippen LogP contribution in [-0.4, -0.2) is 90.5 Å². The Morgan fingerprint density at radius 2 is 1.62 bits per heavy atom. The van der Waals surface area contributed by atoms with Crippen LogP contribution in [0.1, 0.15) is 25.6 Å². The van der Waals surface area contributed by atoms with Crippen molar-refractivity contribution in [3.8, 4) is 21.8 Å². The zero-order valence-corrected chi connectivity index (χ0v) is 20.7. The number of ether oxygens (including phenoxy) is 2.